The molecule has 2 fully saturated rings. The van der Waals surface area contributed by atoms with Gasteiger partial charge in [0.25, 0.3) is 5.56 Å². The van der Waals surface area contributed by atoms with Crippen molar-refractivity contribution in [3.63, 3.8) is 0 Å². The minimum absolute atomic E-state index is 0.203. The summed E-state index contributed by atoms with van der Waals surface area (Å²) in [6.07, 6.45) is 2.46. The number of aryl methyl sites for hydroxylation is 1. The summed E-state index contributed by atoms with van der Waals surface area (Å²) in [6, 6.07) is 0.225. The molecule has 1 aromatic heterocycles. The molecule has 3 atom stereocenters. The number of morpholine rings is 1. The van der Waals surface area contributed by atoms with Crippen molar-refractivity contribution in [2.24, 2.45) is 0 Å². The summed E-state index contributed by atoms with van der Waals surface area (Å²) in [5, 5.41) is 0. The summed E-state index contributed by atoms with van der Waals surface area (Å²) in [5.74, 6) is 0. The van der Waals surface area contributed by atoms with Crippen LogP contribution in [0.4, 0.5) is 0 Å². The molecule has 0 radical (unpaired) electrons. The van der Waals surface area contributed by atoms with E-state index in [2.05, 4.69) is 9.88 Å². The number of hydrogen-bond acceptors (Lipinski definition) is 4. The summed E-state index contributed by atoms with van der Waals surface area (Å²) in [5.41, 5.74) is -0.201. The van der Waals surface area contributed by atoms with Crippen LogP contribution in [0.25, 0.3) is 0 Å². The molecule has 2 saturated heterocycles. The van der Waals surface area contributed by atoms with Gasteiger partial charge in [0.05, 0.1) is 12.1 Å². The Balaban J connectivity index is 2.03. The lowest BCUT2D eigenvalue weighted by Gasteiger charge is -2.30. The van der Waals surface area contributed by atoms with Crippen molar-refractivity contribution >= 4 is 0 Å². The van der Waals surface area contributed by atoms with Crippen molar-refractivity contribution in [3.05, 3.63) is 32.6 Å². The Labute approximate surface area is 97.8 Å². The highest BCUT2D eigenvalue weighted by Gasteiger charge is 2.45. The molecule has 0 spiro atoms. The predicted octanol–water partition coefficient (Wildman–Crippen LogP) is -0.553. The predicted molar refractivity (Wildman–Crippen MR) is 61.0 cm³/mol. The molecular formula is C11H15N3O3. The maximum atomic E-state index is 11.8. The van der Waals surface area contributed by atoms with E-state index in [-0.39, 0.29) is 23.9 Å². The molecule has 92 valence electrons. The molecule has 1 N–H and O–H groups in total. The zero-order chi connectivity index (χ0) is 12.2. The van der Waals surface area contributed by atoms with Gasteiger partial charge in [-0.05, 0) is 20.4 Å². The Hall–Kier alpha value is -1.40. The highest BCUT2D eigenvalue weighted by atomic mass is 16.5. The van der Waals surface area contributed by atoms with Crippen LogP contribution in [0.1, 0.15) is 18.2 Å². The van der Waals surface area contributed by atoms with Crippen LogP contribution < -0.4 is 11.2 Å². The van der Waals surface area contributed by atoms with E-state index in [1.54, 1.807) is 13.1 Å². The second-order valence-electron chi connectivity index (χ2n) is 4.87. The number of ether oxygens (including phenoxy) is 1. The summed E-state index contributed by atoms with van der Waals surface area (Å²) in [4.78, 5) is 27.6. The average molecular weight is 237 g/mol. The summed E-state index contributed by atoms with van der Waals surface area (Å²) >= 11 is 0. The number of rotatable bonds is 1. The molecule has 3 heterocycles. The Morgan fingerprint density at radius 3 is 2.88 bits per heavy atom. The lowest BCUT2D eigenvalue weighted by molar-refractivity contribution is -0.0687. The van der Waals surface area contributed by atoms with E-state index in [1.807, 2.05) is 7.05 Å². The minimum Gasteiger partial charge on any atom is -0.352 e. The summed E-state index contributed by atoms with van der Waals surface area (Å²) in [7, 11) is 2.03. The number of nitrogens with zero attached hydrogens (tertiary/aromatic N) is 2. The fourth-order valence-corrected chi connectivity index (χ4v) is 2.73. The number of aromatic amines is 1. The Morgan fingerprint density at radius 1 is 1.47 bits per heavy atom. The van der Waals surface area contributed by atoms with Crippen LogP contribution in [0, 0.1) is 6.92 Å². The van der Waals surface area contributed by atoms with Crippen LogP contribution in [0.15, 0.2) is 15.8 Å². The topological polar surface area (TPSA) is 67.3 Å². The first-order chi connectivity index (χ1) is 8.06. The fraction of sp³-hybridized carbons (Fsp3) is 0.636. The fourth-order valence-electron chi connectivity index (χ4n) is 2.73. The van der Waals surface area contributed by atoms with Crippen LogP contribution in [0.5, 0.6) is 0 Å². The molecule has 1 aromatic rings. The maximum Gasteiger partial charge on any atom is 0.330 e. The number of H-pyrrole nitrogens is 1. The second-order valence-corrected chi connectivity index (χ2v) is 4.87. The van der Waals surface area contributed by atoms with Gasteiger partial charge in [0.15, 0.2) is 6.23 Å². The van der Waals surface area contributed by atoms with E-state index in [4.69, 9.17) is 4.74 Å². The molecular weight excluding hydrogens is 222 g/mol. The first-order valence-corrected chi connectivity index (χ1v) is 5.74. The molecule has 0 aliphatic carbocycles. The van der Waals surface area contributed by atoms with E-state index < -0.39 is 5.69 Å². The normalized spacial score (nSPS) is 32.2. The molecule has 0 saturated carbocycles. The smallest absolute Gasteiger partial charge is 0.330 e. The highest BCUT2D eigenvalue weighted by molar-refractivity contribution is 5.04. The number of nitrogens with one attached hydrogen (secondary N) is 1. The van der Waals surface area contributed by atoms with Crippen molar-refractivity contribution in [3.8, 4) is 0 Å². The molecule has 2 aliphatic rings. The van der Waals surface area contributed by atoms with Crippen molar-refractivity contribution < 1.29 is 4.74 Å². The third-order valence-corrected chi connectivity index (χ3v) is 3.64. The molecule has 6 heteroatoms. The van der Waals surface area contributed by atoms with E-state index in [0.717, 1.165) is 13.0 Å². The van der Waals surface area contributed by atoms with Gasteiger partial charge in [-0.15, -0.1) is 0 Å². The summed E-state index contributed by atoms with van der Waals surface area (Å²) in [6.45, 7) is 2.60. The van der Waals surface area contributed by atoms with Crippen molar-refractivity contribution in [1.29, 1.82) is 0 Å². The van der Waals surface area contributed by atoms with Crippen molar-refractivity contribution in [1.82, 2.24) is 14.5 Å². The summed E-state index contributed by atoms with van der Waals surface area (Å²) < 4.78 is 7.29. The minimum atomic E-state index is -0.397. The van der Waals surface area contributed by atoms with E-state index in [9.17, 15) is 9.59 Å². The Bertz CT molecular complexity index is 562. The molecule has 6 nitrogen and oxygen atoms in total. The second kappa shape index (κ2) is 3.54. The van der Waals surface area contributed by atoms with Gasteiger partial charge >= 0.3 is 5.69 Å². The number of likely N-dealkylation sites (tertiary alicyclic amines) is 1. The molecule has 0 aromatic carbocycles. The average Bonchev–Trinajstić information content (AvgIpc) is 2.81. The van der Waals surface area contributed by atoms with Gasteiger partial charge in [0, 0.05) is 18.3 Å². The van der Waals surface area contributed by atoms with E-state index in [1.165, 1.54) is 4.57 Å². The Morgan fingerprint density at radius 2 is 2.24 bits per heavy atom. The number of fused-ring (bicyclic) bond motifs is 2. The van der Waals surface area contributed by atoms with Gasteiger partial charge < -0.3 is 4.74 Å². The zero-order valence-electron chi connectivity index (χ0n) is 9.84. The quantitative estimate of drug-likeness (QED) is 0.711. The van der Waals surface area contributed by atoms with Gasteiger partial charge in [-0.2, -0.15) is 0 Å². The lowest BCUT2D eigenvalue weighted by Crippen LogP contribution is -2.43. The van der Waals surface area contributed by atoms with Crippen molar-refractivity contribution in [2.75, 3.05) is 13.6 Å². The molecule has 17 heavy (non-hydrogen) atoms. The van der Waals surface area contributed by atoms with Crippen LogP contribution in [0.2, 0.25) is 0 Å². The first kappa shape index (κ1) is 10.7. The molecule has 2 aliphatic heterocycles. The van der Waals surface area contributed by atoms with Gasteiger partial charge in [-0.3, -0.25) is 19.2 Å². The van der Waals surface area contributed by atoms with Gasteiger partial charge in [-0.1, -0.05) is 0 Å². The molecule has 2 bridgehead atoms. The van der Waals surface area contributed by atoms with Crippen LogP contribution in [-0.4, -0.2) is 40.2 Å². The van der Waals surface area contributed by atoms with Crippen LogP contribution in [-0.2, 0) is 4.74 Å². The molecule has 3 rings (SSSR count). The molecule has 3 unspecified atom stereocenters. The van der Waals surface area contributed by atoms with Crippen LogP contribution >= 0.6 is 0 Å². The number of hydrogen-bond donors (Lipinski definition) is 1. The van der Waals surface area contributed by atoms with Crippen LogP contribution in [0.3, 0.4) is 0 Å². The largest absolute Gasteiger partial charge is 0.352 e. The third kappa shape index (κ3) is 1.56. The monoisotopic (exact) mass is 237 g/mol. The highest BCUT2D eigenvalue weighted by Crippen LogP contribution is 2.37. The third-order valence-electron chi connectivity index (χ3n) is 3.64. The lowest BCUT2D eigenvalue weighted by atomic mass is 10.2. The van der Waals surface area contributed by atoms with E-state index >= 15 is 0 Å². The Kier molecular flexibility index (Phi) is 2.24. The standard InChI is InChI=1S/C11H15N3O3/c1-6-4-14(11(16)12-9(6)15)10-8-3-7(17-10)5-13(8)2/h4,7-8,10H,3,5H2,1-2H3,(H,12,15,16). The van der Waals surface area contributed by atoms with Gasteiger partial charge in [0.1, 0.15) is 0 Å². The maximum absolute atomic E-state index is 11.8. The van der Waals surface area contributed by atoms with E-state index in [0.29, 0.717) is 5.56 Å². The first-order valence-electron chi connectivity index (χ1n) is 5.74. The number of aromatic nitrogens is 2. The van der Waals surface area contributed by atoms with Crippen molar-refractivity contribution in [2.45, 2.75) is 31.7 Å². The molecule has 0 amide bonds. The van der Waals surface area contributed by atoms with Gasteiger partial charge in [-0.25, -0.2) is 4.79 Å². The van der Waals surface area contributed by atoms with Gasteiger partial charge in [0.2, 0.25) is 0 Å². The number of likely N-dealkylation sites (N-methyl/N-ethyl adjacent to an activating group) is 1. The SMILES string of the molecule is Cc1cn(C2OC3CC2N(C)C3)c(=O)[nH]c1=O. The zero-order valence-corrected chi connectivity index (χ0v) is 9.84.